The standard InChI is InChI=1S/C8H16P2/c1-2-8(10-4-1)7-3-5-9-6-7/h7-10H,1-6H2. The molecule has 0 bridgehead atoms. The fourth-order valence-corrected chi connectivity index (χ4v) is 5.81. The van der Waals surface area contributed by atoms with Crippen LogP contribution >= 0.6 is 17.2 Å². The summed E-state index contributed by atoms with van der Waals surface area (Å²) in [5.41, 5.74) is 1.19. The second-order valence-corrected chi connectivity index (χ2v) is 6.51. The van der Waals surface area contributed by atoms with Gasteiger partial charge in [-0.3, -0.25) is 0 Å². The third-order valence-electron chi connectivity index (χ3n) is 2.77. The maximum atomic E-state index is 1.59. The van der Waals surface area contributed by atoms with E-state index in [9.17, 15) is 0 Å². The summed E-state index contributed by atoms with van der Waals surface area (Å²) in [7, 11) is 2.66. The Kier molecular flexibility index (Phi) is 2.63. The second-order valence-electron chi connectivity index (χ2n) is 3.46. The predicted octanol–water partition coefficient (Wildman–Crippen LogP) is 2.53. The summed E-state index contributed by atoms with van der Waals surface area (Å²) >= 11 is 0. The van der Waals surface area contributed by atoms with E-state index in [1.807, 2.05) is 0 Å². The van der Waals surface area contributed by atoms with Gasteiger partial charge in [0, 0.05) is 0 Å². The lowest BCUT2D eigenvalue weighted by atomic mass is 10.0. The van der Waals surface area contributed by atoms with Crippen LogP contribution in [0, 0.1) is 5.92 Å². The summed E-state index contributed by atoms with van der Waals surface area (Å²) in [5, 5.41) is 0. The van der Waals surface area contributed by atoms with Crippen LogP contribution in [0.25, 0.3) is 0 Å². The molecule has 4 unspecified atom stereocenters. The van der Waals surface area contributed by atoms with Crippen LogP contribution in [0.5, 0.6) is 0 Å². The van der Waals surface area contributed by atoms with E-state index in [2.05, 4.69) is 0 Å². The minimum atomic E-state index is 1.18. The van der Waals surface area contributed by atoms with E-state index in [0.29, 0.717) is 0 Å². The molecular weight excluding hydrogens is 158 g/mol. The molecule has 2 rings (SSSR count). The van der Waals surface area contributed by atoms with Crippen molar-refractivity contribution < 1.29 is 0 Å². The third-order valence-corrected chi connectivity index (χ3v) is 6.15. The van der Waals surface area contributed by atoms with E-state index in [4.69, 9.17) is 0 Å². The van der Waals surface area contributed by atoms with E-state index < -0.39 is 0 Å². The van der Waals surface area contributed by atoms with E-state index in [-0.39, 0.29) is 0 Å². The van der Waals surface area contributed by atoms with Crippen molar-refractivity contribution >= 4 is 17.2 Å². The Hall–Kier alpha value is 0.860. The van der Waals surface area contributed by atoms with E-state index >= 15 is 0 Å². The Bertz CT molecular complexity index is 87.8. The number of rotatable bonds is 1. The summed E-state index contributed by atoms with van der Waals surface area (Å²) in [6.07, 6.45) is 9.42. The topological polar surface area (TPSA) is 0 Å². The molecule has 0 amide bonds. The lowest BCUT2D eigenvalue weighted by molar-refractivity contribution is 0.547. The van der Waals surface area contributed by atoms with Gasteiger partial charge in [0.25, 0.3) is 0 Å². The molecule has 2 aliphatic heterocycles. The summed E-state index contributed by atoms with van der Waals surface area (Å²) in [6.45, 7) is 0. The lowest BCUT2D eigenvalue weighted by Gasteiger charge is -2.15. The van der Waals surface area contributed by atoms with Gasteiger partial charge < -0.3 is 0 Å². The van der Waals surface area contributed by atoms with Crippen LogP contribution in [-0.2, 0) is 0 Å². The molecule has 2 fully saturated rings. The highest BCUT2D eigenvalue weighted by atomic mass is 31.1. The highest BCUT2D eigenvalue weighted by Crippen LogP contribution is 2.44. The van der Waals surface area contributed by atoms with Crippen molar-refractivity contribution in [2.75, 3.05) is 18.5 Å². The zero-order chi connectivity index (χ0) is 6.81. The molecular formula is C8H16P2. The fraction of sp³-hybridized carbons (Fsp3) is 1.00. The van der Waals surface area contributed by atoms with Gasteiger partial charge in [0.1, 0.15) is 0 Å². The Morgan fingerprint density at radius 1 is 1.10 bits per heavy atom. The smallest absolute Gasteiger partial charge is 0.0205 e. The first-order chi connectivity index (χ1) is 4.97. The van der Waals surface area contributed by atoms with Gasteiger partial charge in [0.15, 0.2) is 0 Å². The van der Waals surface area contributed by atoms with E-state index in [1.165, 1.54) is 28.7 Å². The molecule has 0 saturated carbocycles. The van der Waals surface area contributed by atoms with Crippen molar-refractivity contribution in [3.8, 4) is 0 Å². The van der Waals surface area contributed by atoms with E-state index in [1.54, 1.807) is 37.7 Å². The first-order valence-corrected chi connectivity index (χ1v) is 7.11. The van der Waals surface area contributed by atoms with Crippen molar-refractivity contribution in [1.82, 2.24) is 0 Å². The molecule has 4 atom stereocenters. The van der Waals surface area contributed by atoms with Gasteiger partial charge in [-0.05, 0) is 49.3 Å². The zero-order valence-corrected chi connectivity index (χ0v) is 8.40. The number of hydrogen-bond acceptors (Lipinski definition) is 0. The molecule has 2 aliphatic rings. The Balaban J connectivity index is 1.85. The molecule has 0 N–H and O–H groups in total. The van der Waals surface area contributed by atoms with Crippen LogP contribution in [0.2, 0.25) is 0 Å². The molecule has 2 saturated heterocycles. The molecule has 0 nitrogen and oxygen atoms in total. The van der Waals surface area contributed by atoms with Gasteiger partial charge in [-0.1, -0.05) is 0 Å². The van der Waals surface area contributed by atoms with Crippen LogP contribution in [-0.4, -0.2) is 24.1 Å². The van der Waals surface area contributed by atoms with Crippen molar-refractivity contribution in [3.63, 3.8) is 0 Å². The van der Waals surface area contributed by atoms with Gasteiger partial charge in [0.05, 0.1) is 0 Å². The summed E-state index contributed by atoms with van der Waals surface area (Å²) in [4.78, 5) is 0. The molecule has 0 radical (unpaired) electrons. The van der Waals surface area contributed by atoms with Crippen LogP contribution in [0.4, 0.5) is 0 Å². The minimum Gasteiger partial charge on any atom is -0.122 e. The first-order valence-electron chi connectivity index (χ1n) is 4.41. The second kappa shape index (κ2) is 3.51. The monoisotopic (exact) mass is 174 g/mol. The average Bonchev–Trinajstić information content (AvgIpc) is 2.59. The highest BCUT2D eigenvalue weighted by Gasteiger charge is 2.26. The highest BCUT2D eigenvalue weighted by molar-refractivity contribution is 7.40. The molecule has 10 heavy (non-hydrogen) atoms. The molecule has 58 valence electrons. The van der Waals surface area contributed by atoms with Gasteiger partial charge >= 0.3 is 0 Å². The maximum absolute atomic E-state index is 1.59. The normalized spacial score (nSPS) is 45.6. The van der Waals surface area contributed by atoms with Gasteiger partial charge in [0.2, 0.25) is 0 Å². The SMILES string of the molecule is C1CPC(C2CCPC2)C1. The van der Waals surface area contributed by atoms with E-state index in [0.717, 1.165) is 0 Å². The van der Waals surface area contributed by atoms with Crippen LogP contribution in [0.1, 0.15) is 19.3 Å². The average molecular weight is 174 g/mol. The first kappa shape index (κ1) is 7.51. The van der Waals surface area contributed by atoms with Crippen LogP contribution < -0.4 is 0 Å². The minimum absolute atomic E-state index is 1.18. The van der Waals surface area contributed by atoms with Crippen molar-refractivity contribution in [1.29, 1.82) is 0 Å². The van der Waals surface area contributed by atoms with Crippen molar-refractivity contribution in [3.05, 3.63) is 0 Å². The summed E-state index contributed by atoms with van der Waals surface area (Å²) in [6, 6.07) is 0. The molecule has 0 spiro atoms. The molecule has 2 heterocycles. The van der Waals surface area contributed by atoms with Gasteiger partial charge in [-0.15, -0.1) is 17.2 Å². The Labute approximate surface area is 67.1 Å². The fourth-order valence-electron chi connectivity index (χ4n) is 2.13. The molecule has 0 aromatic carbocycles. The summed E-state index contributed by atoms with van der Waals surface area (Å²) in [5.74, 6) is 1.18. The lowest BCUT2D eigenvalue weighted by Crippen LogP contribution is -2.11. The third kappa shape index (κ3) is 1.54. The Morgan fingerprint density at radius 3 is 2.70 bits per heavy atom. The molecule has 0 aromatic rings. The zero-order valence-electron chi connectivity index (χ0n) is 6.40. The van der Waals surface area contributed by atoms with Crippen molar-refractivity contribution in [2.45, 2.75) is 24.9 Å². The van der Waals surface area contributed by atoms with Gasteiger partial charge in [-0.2, -0.15) is 0 Å². The van der Waals surface area contributed by atoms with Crippen LogP contribution in [0.15, 0.2) is 0 Å². The molecule has 0 aromatic heterocycles. The number of hydrogen-bond donors (Lipinski definition) is 0. The Morgan fingerprint density at radius 2 is 2.10 bits per heavy atom. The quantitative estimate of drug-likeness (QED) is 0.536. The summed E-state index contributed by atoms with van der Waals surface area (Å²) < 4.78 is 0. The molecule has 0 aliphatic carbocycles. The largest absolute Gasteiger partial charge is 0.122 e. The van der Waals surface area contributed by atoms with Gasteiger partial charge in [-0.25, -0.2) is 0 Å². The molecule has 2 heteroatoms. The van der Waals surface area contributed by atoms with Crippen molar-refractivity contribution in [2.24, 2.45) is 5.92 Å². The van der Waals surface area contributed by atoms with Crippen LogP contribution in [0.3, 0.4) is 0 Å². The predicted molar refractivity (Wildman–Crippen MR) is 52.4 cm³/mol. The maximum Gasteiger partial charge on any atom is -0.0205 e.